The van der Waals surface area contributed by atoms with Gasteiger partial charge in [-0.15, -0.1) is 0 Å². The van der Waals surface area contributed by atoms with E-state index in [1.165, 1.54) is 38.1 Å². The van der Waals surface area contributed by atoms with Crippen molar-refractivity contribution >= 4 is 31.6 Å². The lowest BCUT2D eigenvalue weighted by Crippen LogP contribution is -2.14. The zero-order valence-corrected chi connectivity index (χ0v) is 14.4. The maximum Gasteiger partial charge on any atom is 0.296 e. The van der Waals surface area contributed by atoms with Crippen molar-refractivity contribution < 1.29 is 25.9 Å². The van der Waals surface area contributed by atoms with Crippen molar-refractivity contribution in [2.45, 2.75) is 23.6 Å². The summed E-state index contributed by atoms with van der Waals surface area (Å²) in [7, 11) is -9.43. The molecule has 0 saturated carbocycles. The number of benzene rings is 2. The summed E-state index contributed by atoms with van der Waals surface area (Å²) in [6.07, 6.45) is 0. The van der Waals surface area contributed by atoms with E-state index in [-0.39, 0.29) is 16.7 Å². The topological polar surface area (TPSA) is 161 Å². The first-order valence-electron chi connectivity index (χ1n) is 6.59. The van der Waals surface area contributed by atoms with E-state index in [1.54, 1.807) is 0 Å². The summed E-state index contributed by atoms with van der Waals surface area (Å²) in [4.78, 5) is -1.12. The molecule has 0 atom stereocenters. The second kappa shape index (κ2) is 5.74. The van der Waals surface area contributed by atoms with Crippen molar-refractivity contribution in [2.24, 2.45) is 0 Å². The van der Waals surface area contributed by atoms with Gasteiger partial charge in [-0.25, -0.2) is 0 Å². The molecule has 130 valence electrons. The van der Waals surface area contributed by atoms with E-state index in [2.05, 4.69) is 0 Å². The van der Waals surface area contributed by atoms with E-state index < -0.39 is 35.7 Å². The highest BCUT2D eigenvalue weighted by Crippen LogP contribution is 2.41. The van der Waals surface area contributed by atoms with Crippen LogP contribution in [0.2, 0.25) is 0 Å². The second-order valence-corrected chi connectivity index (χ2v) is 7.99. The zero-order valence-electron chi connectivity index (χ0n) is 12.8. The molecule has 0 fully saturated rings. The Labute approximate surface area is 139 Å². The van der Waals surface area contributed by atoms with Crippen LogP contribution in [0, 0.1) is 13.8 Å². The number of hydrogen-bond donors (Lipinski definition) is 4. The van der Waals surface area contributed by atoms with Gasteiger partial charge in [0.1, 0.15) is 9.79 Å². The predicted molar refractivity (Wildman–Crippen MR) is 89.8 cm³/mol. The number of nitrogen functional groups attached to an aromatic ring is 2. The van der Waals surface area contributed by atoms with Crippen molar-refractivity contribution in [3.05, 3.63) is 35.4 Å². The Bertz CT molecular complexity index is 1030. The third kappa shape index (κ3) is 3.08. The Morgan fingerprint density at radius 3 is 1.67 bits per heavy atom. The molecule has 2 aromatic rings. The van der Waals surface area contributed by atoms with Gasteiger partial charge < -0.3 is 11.5 Å². The number of rotatable bonds is 3. The highest BCUT2D eigenvalue weighted by molar-refractivity contribution is 7.86. The van der Waals surface area contributed by atoms with Crippen molar-refractivity contribution in [3.8, 4) is 11.1 Å². The molecule has 0 radical (unpaired) electrons. The van der Waals surface area contributed by atoms with Crippen LogP contribution in [0.3, 0.4) is 0 Å². The van der Waals surface area contributed by atoms with E-state index in [9.17, 15) is 25.9 Å². The SMILES string of the molecule is Cc1c(-c2ccc(N)cc2)c(S(=O)(=O)O)c(C)c(N)c1S(=O)(=O)O. The van der Waals surface area contributed by atoms with Crippen LogP contribution in [0.4, 0.5) is 11.4 Å². The van der Waals surface area contributed by atoms with E-state index in [1.807, 2.05) is 0 Å². The van der Waals surface area contributed by atoms with Crippen LogP contribution in [-0.4, -0.2) is 25.9 Å². The first kappa shape index (κ1) is 18.2. The number of nitrogens with two attached hydrogens (primary N) is 2. The van der Waals surface area contributed by atoms with Crippen molar-refractivity contribution in [2.75, 3.05) is 11.5 Å². The minimum Gasteiger partial charge on any atom is -0.399 e. The lowest BCUT2D eigenvalue weighted by molar-refractivity contribution is 0.478. The molecule has 0 spiro atoms. The Kier molecular flexibility index (Phi) is 4.35. The van der Waals surface area contributed by atoms with Crippen molar-refractivity contribution in [1.29, 1.82) is 0 Å². The van der Waals surface area contributed by atoms with Crippen LogP contribution < -0.4 is 11.5 Å². The van der Waals surface area contributed by atoms with Gasteiger partial charge in [-0.1, -0.05) is 12.1 Å². The van der Waals surface area contributed by atoms with Gasteiger partial charge in [-0.3, -0.25) is 9.11 Å². The van der Waals surface area contributed by atoms with Gasteiger partial charge in [-0.2, -0.15) is 16.8 Å². The van der Waals surface area contributed by atoms with E-state index in [0.717, 1.165) is 0 Å². The molecule has 0 amide bonds. The summed E-state index contributed by atoms with van der Waals surface area (Å²) >= 11 is 0. The largest absolute Gasteiger partial charge is 0.399 e. The summed E-state index contributed by atoms with van der Waals surface area (Å²) in [6.45, 7) is 2.53. The second-order valence-electron chi connectivity index (χ2n) is 5.27. The smallest absolute Gasteiger partial charge is 0.296 e. The molecule has 0 saturated heterocycles. The van der Waals surface area contributed by atoms with Crippen LogP contribution in [0.15, 0.2) is 34.1 Å². The molecule has 0 aliphatic carbocycles. The summed E-state index contributed by atoms with van der Waals surface area (Å²) in [5.74, 6) is 0. The Morgan fingerprint density at radius 1 is 0.792 bits per heavy atom. The average molecular weight is 372 g/mol. The molecule has 2 aromatic carbocycles. The van der Waals surface area contributed by atoms with E-state index >= 15 is 0 Å². The molecule has 10 heteroatoms. The molecule has 6 N–H and O–H groups in total. The zero-order chi connectivity index (χ0) is 18.4. The quantitative estimate of drug-likeness (QED) is 0.467. The lowest BCUT2D eigenvalue weighted by Gasteiger charge is -2.19. The van der Waals surface area contributed by atoms with Crippen molar-refractivity contribution in [1.82, 2.24) is 0 Å². The van der Waals surface area contributed by atoms with E-state index in [4.69, 9.17) is 11.5 Å². The Morgan fingerprint density at radius 2 is 1.25 bits per heavy atom. The molecule has 0 heterocycles. The van der Waals surface area contributed by atoms with Crippen LogP contribution >= 0.6 is 0 Å². The standard InChI is InChI=1S/C14H16N2O6S2/c1-7-11(9-3-5-10(15)6-4-9)13(23(17,18)19)8(2)12(16)14(7)24(20,21)22/h3-6H,15-16H2,1-2H3,(H,17,18,19)(H,20,21,22). The Balaban J connectivity index is 3.11. The van der Waals surface area contributed by atoms with Gasteiger partial charge in [0.15, 0.2) is 0 Å². The summed E-state index contributed by atoms with van der Waals surface area (Å²) in [5, 5.41) is 0. The van der Waals surface area contributed by atoms with Crippen LogP contribution in [-0.2, 0) is 20.2 Å². The Hall–Kier alpha value is -2.14. The molecule has 0 aliphatic rings. The number of anilines is 2. The molecular weight excluding hydrogens is 356 g/mol. The molecule has 2 rings (SSSR count). The minimum absolute atomic E-state index is 0.0724. The molecule has 24 heavy (non-hydrogen) atoms. The fourth-order valence-corrected chi connectivity index (χ4v) is 4.56. The molecule has 0 unspecified atom stereocenters. The van der Waals surface area contributed by atoms with Crippen molar-refractivity contribution in [3.63, 3.8) is 0 Å². The minimum atomic E-state index is -4.72. The fourth-order valence-electron chi connectivity index (χ4n) is 2.62. The first-order valence-corrected chi connectivity index (χ1v) is 9.47. The average Bonchev–Trinajstić information content (AvgIpc) is 2.41. The summed E-state index contributed by atoms with van der Waals surface area (Å²) in [5.41, 5.74) is 11.2. The number of hydrogen-bond acceptors (Lipinski definition) is 6. The monoisotopic (exact) mass is 372 g/mol. The summed E-state index contributed by atoms with van der Waals surface area (Å²) in [6, 6.07) is 5.91. The van der Waals surface area contributed by atoms with Gasteiger partial charge in [0.2, 0.25) is 0 Å². The summed E-state index contributed by atoms with van der Waals surface area (Å²) < 4.78 is 66.1. The molecular formula is C14H16N2O6S2. The van der Waals surface area contributed by atoms with Gasteiger partial charge in [0, 0.05) is 11.3 Å². The van der Waals surface area contributed by atoms with Crippen LogP contribution in [0.25, 0.3) is 11.1 Å². The lowest BCUT2D eigenvalue weighted by atomic mass is 9.96. The van der Waals surface area contributed by atoms with E-state index in [0.29, 0.717) is 11.3 Å². The molecule has 0 aromatic heterocycles. The van der Waals surface area contributed by atoms with Gasteiger partial charge >= 0.3 is 0 Å². The van der Waals surface area contributed by atoms with Crippen LogP contribution in [0.1, 0.15) is 11.1 Å². The highest BCUT2D eigenvalue weighted by Gasteiger charge is 2.30. The third-order valence-corrected chi connectivity index (χ3v) is 5.72. The molecule has 8 nitrogen and oxygen atoms in total. The molecule has 0 bridgehead atoms. The van der Waals surface area contributed by atoms with Crippen LogP contribution in [0.5, 0.6) is 0 Å². The molecule has 0 aliphatic heterocycles. The third-order valence-electron chi connectivity index (χ3n) is 3.65. The fraction of sp³-hybridized carbons (Fsp3) is 0.143. The van der Waals surface area contributed by atoms with Gasteiger partial charge in [0.05, 0.1) is 5.69 Å². The highest BCUT2D eigenvalue weighted by atomic mass is 32.2. The van der Waals surface area contributed by atoms with Gasteiger partial charge in [0.25, 0.3) is 20.2 Å². The maximum absolute atomic E-state index is 11.8. The van der Waals surface area contributed by atoms with Gasteiger partial charge in [-0.05, 0) is 42.7 Å². The maximum atomic E-state index is 11.8. The normalized spacial score (nSPS) is 12.3. The predicted octanol–water partition coefficient (Wildman–Crippen LogP) is 1.63. The first-order chi connectivity index (χ1) is 10.9.